The van der Waals surface area contributed by atoms with Crippen LogP contribution in [0.2, 0.25) is 0 Å². The van der Waals surface area contributed by atoms with Crippen molar-refractivity contribution in [2.45, 2.75) is 33.0 Å². The van der Waals surface area contributed by atoms with Gasteiger partial charge in [-0.05, 0) is 23.6 Å². The highest BCUT2D eigenvalue weighted by Crippen LogP contribution is 2.15. The lowest BCUT2D eigenvalue weighted by Gasteiger charge is -2.27. The quantitative estimate of drug-likeness (QED) is 0.290. The Balaban J connectivity index is 0.00000341. The molecule has 0 spiro atoms. The first-order valence-electron chi connectivity index (χ1n) is 10.7. The van der Waals surface area contributed by atoms with Gasteiger partial charge >= 0.3 is 0 Å². The van der Waals surface area contributed by atoms with Gasteiger partial charge in [-0.3, -0.25) is 9.89 Å². The summed E-state index contributed by atoms with van der Waals surface area (Å²) < 4.78 is 11.2. The maximum absolute atomic E-state index is 5.74. The molecular weight excluding hydrogens is 505 g/mol. The minimum absolute atomic E-state index is 0. The molecule has 1 aromatic heterocycles. The van der Waals surface area contributed by atoms with E-state index in [4.69, 9.17) is 9.47 Å². The van der Waals surface area contributed by atoms with Gasteiger partial charge in [0.25, 0.3) is 0 Å². The minimum atomic E-state index is 0. The van der Waals surface area contributed by atoms with E-state index in [0.29, 0.717) is 25.6 Å². The molecule has 0 bridgehead atoms. The summed E-state index contributed by atoms with van der Waals surface area (Å²) in [5.41, 5.74) is 3.63. The van der Waals surface area contributed by atoms with E-state index in [2.05, 4.69) is 56.7 Å². The van der Waals surface area contributed by atoms with Gasteiger partial charge in [0.2, 0.25) is 5.88 Å². The molecule has 1 saturated heterocycles. The normalized spacial score (nSPS) is 14.6. The Morgan fingerprint density at radius 3 is 2.45 bits per heavy atom. The fraction of sp³-hybridized carbons (Fsp3) is 0.478. The fourth-order valence-corrected chi connectivity index (χ4v) is 3.35. The Morgan fingerprint density at radius 2 is 1.74 bits per heavy atom. The third-order valence-corrected chi connectivity index (χ3v) is 5.03. The van der Waals surface area contributed by atoms with Crippen LogP contribution < -0.4 is 15.4 Å². The predicted molar refractivity (Wildman–Crippen MR) is 135 cm³/mol. The van der Waals surface area contributed by atoms with E-state index in [1.54, 1.807) is 13.2 Å². The molecule has 2 aromatic rings. The molecule has 0 amide bonds. The highest BCUT2D eigenvalue weighted by molar-refractivity contribution is 14.0. The summed E-state index contributed by atoms with van der Waals surface area (Å²) in [4.78, 5) is 11.1. The number of nitrogens with one attached hydrogen (secondary N) is 2. The maximum Gasteiger partial charge on any atom is 0.218 e. The molecule has 3 rings (SSSR count). The molecule has 1 aliphatic rings. The number of pyridine rings is 1. The summed E-state index contributed by atoms with van der Waals surface area (Å²) >= 11 is 0. The Labute approximate surface area is 202 Å². The van der Waals surface area contributed by atoms with Gasteiger partial charge in [-0.15, -0.1) is 24.0 Å². The summed E-state index contributed by atoms with van der Waals surface area (Å²) in [5.74, 6) is 1.43. The molecule has 2 heterocycles. The number of aliphatic imine (C=N–C) groups is 1. The largest absolute Gasteiger partial charge is 0.477 e. The third kappa shape index (κ3) is 8.27. The number of ether oxygens (including phenoxy) is 2. The monoisotopic (exact) mass is 539 g/mol. The molecule has 1 aromatic carbocycles. The van der Waals surface area contributed by atoms with Crippen molar-refractivity contribution in [3.63, 3.8) is 0 Å². The molecule has 170 valence electrons. The number of guanidine groups is 1. The maximum atomic E-state index is 5.74. The minimum Gasteiger partial charge on any atom is -0.477 e. The Bertz CT molecular complexity index is 812. The smallest absolute Gasteiger partial charge is 0.218 e. The van der Waals surface area contributed by atoms with Crippen molar-refractivity contribution in [2.24, 2.45) is 4.99 Å². The first-order chi connectivity index (χ1) is 14.8. The van der Waals surface area contributed by atoms with Crippen molar-refractivity contribution in [3.05, 3.63) is 59.3 Å². The summed E-state index contributed by atoms with van der Waals surface area (Å²) in [6.45, 7) is 8.61. The van der Waals surface area contributed by atoms with Crippen LogP contribution in [-0.4, -0.2) is 55.8 Å². The fourth-order valence-electron chi connectivity index (χ4n) is 3.35. The average Bonchev–Trinajstić information content (AvgIpc) is 2.80. The van der Waals surface area contributed by atoms with Gasteiger partial charge < -0.3 is 20.1 Å². The Hall–Kier alpha value is -1.91. The highest BCUT2D eigenvalue weighted by atomic mass is 127. The summed E-state index contributed by atoms with van der Waals surface area (Å²) in [5, 5.41) is 6.80. The van der Waals surface area contributed by atoms with E-state index in [-0.39, 0.29) is 24.0 Å². The lowest BCUT2D eigenvalue weighted by atomic mass is 10.1. The first kappa shape index (κ1) is 25.4. The molecule has 1 aliphatic heterocycles. The molecule has 0 aliphatic carbocycles. The molecule has 0 radical (unpaired) electrons. The van der Waals surface area contributed by atoms with Crippen molar-refractivity contribution in [1.29, 1.82) is 0 Å². The number of hydrogen-bond acceptors (Lipinski definition) is 5. The predicted octanol–water partition coefficient (Wildman–Crippen LogP) is 3.19. The van der Waals surface area contributed by atoms with Crippen LogP contribution in [0.15, 0.2) is 47.6 Å². The van der Waals surface area contributed by atoms with Crippen LogP contribution >= 0.6 is 24.0 Å². The summed E-state index contributed by atoms with van der Waals surface area (Å²) in [6, 6.07) is 12.5. The lowest BCUT2D eigenvalue weighted by molar-refractivity contribution is 0.0341. The van der Waals surface area contributed by atoms with Gasteiger partial charge in [-0.1, -0.05) is 37.3 Å². The van der Waals surface area contributed by atoms with Crippen LogP contribution in [0.3, 0.4) is 0 Å². The van der Waals surface area contributed by atoms with Crippen molar-refractivity contribution in [3.8, 4) is 5.88 Å². The second-order valence-corrected chi connectivity index (χ2v) is 7.25. The highest BCUT2D eigenvalue weighted by Gasteiger charge is 2.13. The molecule has 0 unspecified atom stereocenters. The van der Waals surface area contributed by atoms with Crippen LogP contribution in [0.4, 0.5) is 0 Å². The Kier molecular flexibility index (Phi) is 11.6. The van der Waals surface area contributed by atoms with E-state index in [1.165, 1.54) is 11.1 Å². The number of halogens is 1. The van der Waals surface area contributed by atoms with Crippen molar-refractivity contribution < 1.29 is 9.47 Å². The van der Waals surface area contributed by atoms with Crippen LogP contribution in [0.5, 0.6) is 5.88 Å². The van der Waals surface area contributed by atoms with E-state index in [1.807, 2.05) is 12.1 Å². The van der Waals surface area contributed by atoms with E-state index < -0.39 is 0 Å². The van der Waals surface area contributed by atoms with E-state index >= 15 is 0 Å². The standard InChI is InChI=1S/C23H33N5O2.HI/c1-3-13-30-22-20(9-6-10-25-22)17-27-23(24-2)26-16-19-7-4-5-8-21(19)18-28-11-14-29-15-12-28;/h4-10H,3,11-18H2,1-2H3,(H2,24,26,27);1H. The molecule has 2 N–H and O–H groups in total. The van der Waals surface area contributed by atoms with Crippen LogP contribution in [-0.2, 0) is 24.4 Å². The van der Waals surface area contributed by atoms with Crippen molar-refractivity contribution in [2.75, 3.05) is 40.0 Å². The number of benzene rings is 1. The van der Waals surface area contributed by atoms with Gasteiger partial charge in [0.05, 0.1) is 19.8 Å². The first-order valence-corrected chi connectivity index (χ1v) is 10.7. The molecular formula is C23H34IN5O2. The molecule has 8 heteroatoms. The van der Waals surface area contributed by atoms with E-state index in [0.717, 1.165) is 50.8 Å². The van der Waals surface area contributed by atoms with E-state index in [9.17, 15) is 0 Å². The van der Waals surface area contributed by atoms with Gasteiger partial charge in [-0.25, -0.2) is 4.98 Å². The lowest BCUT2D eigenvalue weighted by Crippen LogP contribution is -2.37. The number of aromatic nitrogens is 1. The molecule has 31 heavy (non-hydrogen) atoms. The van der Waals surface area contributed by atoms with Crippen LogP contribution in [0, 0.1) is 0 Å². The summed E-state index contributed by atoms with van der Waals surface area (Å²) in [6.07, 6.45) is 2.71. The van der Waals surface area contributed by atoms with Gasteiger partial charge in [0.1, 0.15) is 0 Å². The zero-order valence-corrected chi connectivity index (χ0v) is 20.8. The van der Waals surface area contributed by atoms with Gasteiger partial charge in [0, 0.05) is 51.5 Å². The number of hydrogen-bond donors (Lipinski definition) is 2. The molecule has 7 nitrogen and oxygen atoms in total. The Morgan fingerprint density at radius 1 is 1.06 bits per heavy atom. The van der Waals surface area contributed by atoms with Crippen molar-refractivity contribution >= 4 is 29.9 Å². The third-order valence-electron chi connectivity index (χ3n) is 5.03. The number of morpholine rings is 1. The second kappa shape index (κ2) is 14.2. The van der Waals surface area contributed by atoms with Crippen molar-refractivity contribution in [1.82, 2.24) is 20.5 Å². The van der Waals surface area contributed by atoms with Gasteiger partial charge in [-0.2, -0.15) is 0 Å². The van der Waals surface area contributed by atoms with Gasteiger partial charge in [0.15, 0.2) is 5.96 Å². The zero-order chi connectivity index (χ0) is 21.0. The molecule has 0 saturated carbocycles. The molecule has 0 atom stereocenters. The SMILES string of the molecule is CCCOc1ncccc1CNC(=NC)NCc1ccccc1CN1CCOCC1.I. The zero-order valence-electron chi connectivity index (χ0n) is 18.5. The number of nitrogens with zero attached hydrogens (tertiary/aromatic N) is 3. The second-order valence-electron chi connectivity index (χ2n) is 7.25. The van der Waals surface area contributed by atoms with Crippen LogP contribution in [0.25, 0.3) is 0 Å². The topological polar surface area (TPSA) is 71.0 Å². The van der Waals surface area contributed by atoms with Crippen LogP contribution in [0.1, 0.15) is 30.0 Å². The summed E-state index contributed by atoms with van der Waals surface area (Å²) in [7, 11) is 1.78. The average molecular weight is 539 g/mol. The molecule has 1 fully saturated rings. The number of rotatable bonds is 9.